The largest absolute Gasteiger partial charge is 0.155 e. The normalized spacial score (nSPS) is 15.9. The van der Waals surface area contributed by atoms with E-state index in [4.69, 9.17) is 0 Å². The van der Waals surface area contributed by atoms with Crippen LogP contribution in [-0.4, -0.2) is 11.4 Å². The second-order valence-corrected chi connectivity index (χ2v) is 5.26. The summed E-state index contributed by atoms with van der Waals surface area (Å²) in [6, 6.07) is 20.4. The minimum Gasteiger partial charge on any atom is -0.155 e. The van der Waals surface area contributed by atoms with Crippen LogP contribution in [0.3, 0.4) is 0 Å². The SMILES string of the molecule is CC1=C/C(=N\N=C(c2ccccc2)c2ccccc2)CC1. The predicted molar refractivity (Wildman–Crippen MR) is 88.9 cm³/mol. The first-order valence-corrected chi connectivity index (χ1v) is 7.25. The molecule has 1 aliphatic carbocycles. The van der Waals surface area contributed by atoms with Crippen molar-refractivity contribution in [2.45, 2.75) is 19.8 Å². The van der Waals surface area contributed by atoms with Crippen LogP contribution in [0.2, 0.25) is 0 Å². The molecule has 0 saturated heterocycles. The second kappa shape index (κ2) is 6.31. The smallest absolute Gasteiger partial charge is 0.100 e. The van der Waals surface area contributed by atoms with Gasteiger partial charge in [0.1, 0.15) is 5.71 Å². The van der Waals surface area contributed by atoms with Gasteiger partial charge in [-0.15, -0.1) is 5.10 Å². The average molecular weight is 274 g/mol. The van der Waals surface area contributed by atoms with Gasteiger partial charge < -0.3 is 0 Å². The van der Waals surface area contributed by atoms with Crippen LogP contribution in [0.5, 0.6) is 0 Å². The summed E-state index contributed by atoms with van der Waals surface area (Å²) < 4.78 is 0. The molecule has 0 unspecified atom stereocenters. The molecule has 1 aliphatic rings. The molecule has 0 aliphatic heterocycles. The van der Waals surface area contributed by atoms with Crippen LogP contribution < -0.4 is 0 Å². The average Bonchev–Trinajstić information content (AvgIpc) is 2.95. The van der Waals surface area contributed by atoms with Gasteiger partial charge in [0, 0.05) is 11.1 Å². The summed E-state index contributed by atoms with van der Waals surface area (Å²) in [6.07, 6.45) is 4.23. The molecule has 0 atom stereocenters. The molecule has 2 aromatic carbocycles. The van der Waals surface area contributed by atoms with Crippen molar-refractivity contribution in [1.29, 1.82) is 0 Å². The van der Waals surface area contributed by atoms with Crippen LogP contribution in [0, 0.1) is 0 Å². The van der Waals surface area contributed by atoms with Gasteiger partial charge in [0.05, 0.1) is 5.71 Å². The molecule has 0 heterocycles. The zero-order chi connectivity index (χ0) is 14.5. The third-order valence-electron chi connectivity index (χ3n) is 3.56. The van der Waals surface area contributed by atoms with Gasteiger partial charge in [0.2, 0.25) is 0 Å². The Labute approximate surface area is 125 Å². The highest BCUT2D eigenvalue weighted by atomic mass is 15.2. The van der Waals surface area contributed by atoms with E-state index in [9.17, 15) is 0 Å². The summed E-state index contributed by atoms with van der Waals surface area (Å²) in [4.78, 5) is 0. The molecule has 2 heteroatoms. The Bertz CT molecular complexity index is 653. The molecule has 0 aromatic heterocycles. The molecule has 0 bridgehead atoms. The van der Waals surface area contributed by atoms with Gasteiger partial charge in [-0.2, -0.15) is 5.10 Å². The van der Waals surface area contributed by atoms with Crippen molar-refractivity contribution in [3.05, 3.63) is 83.4 Å². The van der Waals surface area contributed by atoms with Crippen molar-refractivity contribution in [3.63, 3.8) is 0 Å². The van der Waals surface area contributed by atoms with Crippen LogP contribution >= 0.6 is 0 Å². The Kier molecular flexibility index (Phi) is 4.06. The number of allylic oxidation sites excluding steroid dienone is 2. The van der Waals surface area contributed by atoms with E-state index in [1.54, 1.807) is 0 Å². The lowest BCUT2D eigenvalue weighted by atomic mass is 10.0. The predicted octanol–water partition coefficient (Wildman–Crippen LogP) is 4.62. The lowest BCUT2D eigenvalue weighted by molar-refractivity contribution is 1.05. The number of hydrogen-bond acceptors (Lipinski definition) is 2. The molecular weight excluding hydrogens is 256 g/mol. The van der Waals surface area contributed by atoms with Crippen LogP contribution in [0.15, 0.2) is 82.5 Å². The van der Waals surface area contributed by atoms with Gasteiger partial charge in [-0.25, -0.2) is 0 Å². The Balaban J connectivity index is 2.01. The maximum Gasteiger partial charge on any atom is 0.100 e. The number of benzene rings is 2. The zero-order valence-electron chi connectivity index (χ0n) is 12.2. The first-order valence-electron chi connectivity index (χ1n) is 7.25. The zero-order valence-corrected chi connectivity index (χ0v) is 12.2. The van der Waals surface area contributed by atoms with Gasteiger partial charge in [0.15, 0.2) is 0 Å². The van der Waals surface area contributed by atoms with E-state index in [0.717, 1.165) is 35.4 Å². The Hall–Kier alpha value is -2.48. The van der Waals surface area contributed by atoms with E-state index in [1.165, 1.54) is 5.57 Å². The molecule has 104 valence electrons. The third-order valence-corrected chi connectivity index (χ3v) is 3.56. The molecule has 21 heavy (non-hydrogen) atoms. The number of rotatable bonds is 3. The molecule has 2 aromatic rings. The standard InChI is InChI=1S/C19H18N2/c1-15-12-13-18(14-15)20-21-19(16-8-4-2-5-9-16)17-10-6-3-7-11-17/h2-11,14H,12-13H2,1H3/b20-18-. The van der Waals surface area contributed by atoms with Gasteiger partial charge in [-0.1, -0.05) is 66.2 Å². The van der Waals surface area contributed by atoms with Crippen molar-refractivity contribution < 1.29 is 0 Å². The molecule has 0 amide bonds. The fourth-order valence-corrected chi connectivity index (χ4v) is 2.42. The first-order chi connectivity index (χ1) is 10.3. The highest BCUT2D eigenvalue weighted by molar-refractivity contribution is 6.13. The van der Waals surface area contributed by atoms with Crippen LogP contribution in [0.4, 0.5) is 0 Å². The summed E-state index contributed by atoms with van der Waals surface area (Å²) in [5.41, 5.74) is 5.54. The molecular formula is C19H18N2. The Morgan fingerprint density at radius 1 is 0.810 bits per heavy atom. The molecule has 2 nitrogen and oxygen atoms in total. The summed E-state index contributed by atoms with van der Waals surface area (Å²) >= 11 is 0. The monoisotopic (exact) mass is 274 g/mol. The topological polar surface area (TPSA) is 24.7 Å². The molecule has 0 radical (unpaired) electrons. The number of hydrogen-bond donors (Lipinski definition) is 0. The molecule has 0 N–H and O–H groups in total. The first kappa shape index (κ1) is 13.5. The van der Waals surface area contributed by atoms with E-state index >= 15 is 0 Å². The lowest BCUT2D eigenvalue weighted by Crippen LogP contribution is -2.02. The molecule has 3 rings (SSSR count). The van der Waals surface area contributed by atoms with Gasteiger partial charge in [-0.05, 0) is 25.8 Å². The van der Waals surface area contributed by atoms with Crippen molar-refractivity contribution >= 4 is 11.4 Å². The minimum atomic E-state index is 0.918. The van der Waals surface area contributed by atoms with Crippen molar-refractivity contribution in [1.82, 2.24) is 0 Å². The van der Waals surface area contributed by atoms with E-state index in [1.807, 2.05) is 36.4 Å². The lowest BCUT2D eigenvalue weighted by Gasteiger charge is -2.05. The maximum atomic E-state index is 4.54. The Morgan fingerprint density at radius 3 is 1.86 bits per heavy atom. The van der Waals surface area contributed by atoms with Gasteiger partial charge in [0.25, 0.3) is 0 Å². The number of nitrogens with zero attached hydrogens (tertiary/aromatic N) is 2. The van der Waals surface area contributed by atoms with Crippen LogP contribution in [-0.2, 0) is 0 Å². The second-order valence-electron chi connectivity index (χ2n) is 5.26. The van der Waals surface area contributed by atoms with E-state index in [-0.39, 0.29) is 0 Å². The van der Waals surface area contributed by atoms with Crippen molar-refractivity contribution in [3.8, 4) is 0 Å². The molecule has 0 saturated carbocycles. The minimum absolute atomic E-state index is 0.918. The van der Waals surface area contributed by atoms with E-state index in [0.29, 0.717) is 0 Å². The molecule has 0 spiro atoms. The third kappa shape index (κ3) is 3.34. The molecule has 0 fully saturated rings. The summed E-state index contributed by atoms with van der Waals surface area (Å²) in [5, 5.41) is 9.00. The highest BCUT2D eigenvalue weighted by Crippen LogP contribution is 2.16. The van der Waals surface area contributed by atoms with Crippen molar-refractivity contribution in [2.75, 3.05) is 0 Å². The fraction of sp³-hybridized carbons (Fsp3) is 0.158. The van der Waals surface area contributed by atoms with Crippen molar-refractivity contribution in [2.24, 2.45) is 10.2 Å². The summed E-state index contributed by atoms with van der Waals surface area (Å²) in [6.45, 7) is 2.14. The van der Waals surface area contributed by atoms with E-state index in [2.05, 4.69) is 47.5 Å². The van der Waals surface area contributed by atoms with Crippen LogP contribution in [0.1, 0.15) is 30.9 Å². The summed E-state index contributed by atoms with van der Waals surface area (Å²) in [7, 11) is 0. The quantitative estimate of drug-likeness (QED) is 0.576. The van der Waals surface area contributed by atoms with Gasteiger partial charge in [-0.3, -0.25) is 0 Å². The highest BCUT2D eigenvalue weighted by Gasteiger charge is 2.08. The van der Waals surface area contributed by atoms with Crippen LogP contribution in [0.25, 0.3) is 0 Å². The Morgan fingerprint density at radius 2 is 1.38 bits per heavy atom. The van der Waals surface area contributed by atoms with Gasteiger partial charge >= 0.3 is 0 Å². The fourth-order valence-electron chi connectivity index (χ4n) is 2.42. The summed E-state index contributed by atoms with van der Waals surface area (Å²) in [5.74, 6) is 0. The van der Waals surface area contributed by atoms with E-state index < -0.39 is 0 Å². The maximum absolute atomic E-state index is 4.54.